The quantitative estimate of drug-likeness (QED) is 0.256. The van der Waals surface area contributed by atoms with E-state index in [1.165, 1.54) is 0 Å². The molecule has 1 N–H and O–H groups in total. The summed E-state index contributed by atoms with van der Waals surface area (Å²) in [4.78, 5) is 44.2. The number of carbonyl (C=O) groups is 3. The lowest BCUT2D eigenvalue weighted by Crippen LogP contribution is -2.16. The fourth-order valence-electron chi connectivity index (χ4n) is 2.54. The standard InChI is InChI=1S/C19H13ClF3NO8/c1-9(25)18(28)31-5-4-10-6-12(8-13(17(26)27)16(10)24(29)30)32-15-3-2-11(7-14(15)20)19(21,22)23/h2-3,6-8H,4-5H2,1H3,(H,26,27). The van der Waals surface area contributed by atoms with E-state index in [0.717, 1.165) is 25.1 Å². The van der Waals surface area contributed by atoms with Gasteiger partial charge in [0, 0.05) is 25.0 Å². The average Bonchev–Trinajstić information content (AvgIpc) is 2.67. The van der Waals surface area contributed by atoms with Gasteiger partial charge >= 0.3 is 18.1 Å². The van der Waals surface area contributed by atoms with E-state index in [2.05, 4.69) is 4.74 Å². The van der Waals surface area contributed by atoms with Gasteiger partial charge in [0.05, 0.1) is 22.1 Å². The number of carbonyl (C=O) groups excluding carboxylic acids is 2. The number of ketones is 1. The smallest absolute Gasteiger partial charge is 0.416 e. The van der Waals surface area contributed by atoms with E-state index in [4.69, 9.17) is 16.3 Å². The molecule has 0 saturated heterocycles. The number of rotatable bonds is 8. The summed E-state index contributed by atoms with van der Waals surface area (Å²) in [5.41, 5.74) is -2.84. The molecule has 0 radical (unpaired) electrons. The third kappa shape index (κ3) is 5.94. The van der Waals surface area contributed by atoms with Crippen LogP contribution in [-0.2, 0) is 26.9 Å². The number of nitro benzene ring substituents is 1. The van der Waals surface area contributed by atoms with Gasteiger partial charge in [-0.3, -0.25) is 14.9 Å². The molecule has 0 bridgehead atoms. The van der Waals surface area contributed by atoms with E-state index in [0.29, 0.717) is 12.1 Å². The van der Waals surface area contributed by atoms with Gasteiger partial charge in [-0.2, -0.15) is 13.2 Å². The van der Waals surface area contributed by atoms with E-state index in [1.807, 2.05) is 0 Å². The number of esters is 1. The van der Waals surface area contributed by atoms with Gasteiger partial charge in [0.1, 0.15) is 17.1 Å². The van der Waals surface area contributed by atoms with Crippen LogP contribution in [0.4, 0.5) is 18.9 Å². The minimum absolute atomic E-state index is 0.218. The number of halogens is 4. The summed E-state index contributed by atoms with van der Waals surface area (Å²) in [5.74, 6) is -4.31. The molecule has 0 amide bonds. The molecule has 2 aromatic rings. The van der Waals surface area contributed by atoms with Crippen LogP contribution in [0.2, 0.25) is 5.02 Å². The highest BCUT2D eigenvalue weighted by molar-refractivity contribution is 6.32. The number of alkyl halides is 3. The van der Waals surface area contributed by atoms with Gasteiger partial charge in [0.25, 0.3) is 5.69 Å². The monoisotopic (exact) mass is 475 g/mol. The lowest BCUT2D eigenvalue weighted by molar-refractivity contribution is -0.385. The molecule has 170 valence electrons. The summed E-state index contributed by atoms with van der Waals surface area (Å²) < 4.78 is 48.3. The van der Waals surface area contributed by atoms with Gasteiger partial charge in [0.2, 0.25) is 5.78 Å². The van der Waals surface area contributed by atoms with Gasteiger partial charge in [-0.25, -0.2) is 9.59 Å². The van der Waals surface area contributed by atoms with Gasteiger partial charge in [0.15, 0.2) is 0 Å². The van der Waals surface area contributed by atoms with Crippen LogP contribution in [-0.4, -0.2) is 34.4 Å². The zero-order chi connectivity index (χ0) is 24.2. The molecule has 2 aromatic carbocycles. The number of carboxylic acids is 1. The number of carboxylic acid groups (broad SMARTS) is 1. The number of aromatic carboxylic acids is 1. The predicted molar refractivity (Wildman–Crippen MR) is 102 cm³/mol. The van der Waals surface area contributed by atoms with Crippen molar-refractivity contribution in [1.29, 1.82) is 0 Å². The molecular formula is C19H13ClF3NO8. The Morgan fingerprint density at radius 3 is 2.34 bits per heavy atom. The lowest BCUT2D eigenvalue weighted by Gasteiger charge is -2.13. The van der Waals surface area contributed by atoms with Crippen LogP contribution < -0.4 is 4.74 Å². The third-order valence-electron chi connectivity index (χ3n) is 3.95. The molecule has 9 nitrogen and oxygen atoms in total. The van der Waals surface area contributed by atoms with E-state index in [-0.39, 0.29) is 23.5 Å². The Morgan fingerprint density at radius 1 is 1.19 bits per heavy atom. The van der Waals surface area contributed by atoms with Crippen molar-refractivity contribution in [2.45, 2.75) is 19.5 Å². The largest absolute Gasteiger partial charge is 0.477 e. The SMILES string of the molecule is CC(=O)C(=O)OCCc1cc(Oc2ccc(C(F)(F)F)cc2Cl)cc(C(=O)O)c1[N+](=O)[O-]. The van der Waals surface area contributed by atoms with Crippen molar-refractivity contribution in [3.63, 3.8) is 0 Å². The average molecular weight is 476 g/mol. The summed E-state index contributed by atoms with van der Waals surface area (Å²) in [6.07, 6.45) is -5.01. The summed E-state index contributed by atoms with van der Waals surface area (Å²) in [5, 5.41) is 20.3. The molecule has 0 atom stereocenters. The highest BCUT2D eigenvalue weighted by Gasteiger charge is 2.31. The summed E-state index contributed by atoms with van der Waals surface area (Å²) >= 11 is 5.82. The number of benzene rings is 2. The van der Waals surface area contributed by atoms with Crippen LogP contribution in [0.5, 0.6) is 11.5 Å². The Hall–Kier alpha value is -3.67. The number of Topliss-reactive ketones (excluding diaryl/α,β-unsaturated/α-hetero) is 1. The first-order chi connectivity index (χ1) is 14.8. The fourth-order valence-corrected chi connectivity index (χ4v) is 2.75. The molecule has 0 unspecified atom stereocenters. The molecule has 0 aliphatic rings. The molecular weight excluding hydrogens is 463 g/mol. The topological polar surface area (TPSA) is 133 Å². The van der Waals surface area contributed by atoms with Crippen molar-refractivity contribution in [2.75, 3.05) is 6.61 Å². The van der Waals surface area contributed by atoms with Crippen LogP contribution in [0.15, 0.2) is 30.3 Å². The Kier molecular flexibility index (Phi) is 7.41. The van der Waals surface area contributed by atoms with Gasteiger partial charge in [-0.15, -0.1) is 0 Å². The molecule has 0 aliphatic carbocycles. The number of nitrogens with zero attached hydrogens (tertiary/aromatic N) is 1. The highest BCUT2D eigenvalue weighted by Crippen LogP contribution is 2.38. The Balaban J connectivity index is 2.44. The van der Waals surface area contributed by atoms with Crippen LogP contribution >= 0.6 is 11.6 Å². The molecule has 13 heteroatoms. The third-order valence-corrected chi connectivity index (χ3v) is 4.25. The molecule has 0 fully saturated rings. The van der Waals surface area contributed by atoms with E-state index in [9.17, 15) is 42.8 Å². The van der Waals surface area contributed by atoms with E-state index in [1.54, 1.807) is 0 Å². The lowest BCUT2D eigenvalue weighted by atomic mass is 10.0. The van der Waals surface area contributed by atoms with Crippen molar-refractivity contribution in [3.05, 3.63) is 62.2 Å². The molecule has 2 rings (SSSR count). The fraction of sp³-hybridized carbons (Fsp3) is 0.211. The highest BCUT2D eigenvalue weighted by atomic mass is 35.5. The molecule has 0 spiro atoms. The van der Waals surface area contributed by atoms with Crippen molar-refractivity contribution < 1.29 is 47.1 Å². The Bertz CT molecular complexity index is 1100. The van der Waals surface area contributed by atoms with Gasteiger partial charge in [-0.05, 0) is 24.3 Å². The van der Waals surface area contributed by atoms with Crippen LogP contribution in [0.25, 0.3) is 0 Å². The first-order valence-electron chi connectivity index (χ1n) is 8.58. The second kappa shape index (κ2) is 9.64. The predicted octanol–water partition coefficient (Wildman–Crippen LogP) is 4.43. The molecule has 0 aliphatic heterocycles. The Labute approximate surface area is 182 Å². The minimum atomic E-state index is -4.66. The van der Waals surface area contributed by atoms with Crippen molar-refractivity contribution in [2.24, 2.45) is 0 Å². The zero-order valence-electron chi connectivity index (χ0n) is 16.1. The van der Waals surface area contributed by atoms with Gasteiger partial charge in [-0.1, -0.05) is 11.6 Å². The number of nitro groups is 1. The van der Waals surface area contributed by atoms with Gasteiger partial charge < -0.3 is 14.6 Å². The second-order valence-corrected chi connectivity index (χ2v) is 6.64. The first kappa shape index (κ1) is 24.6. The van der Waals surface area contributed by atoms with Crippen molar-refractivity contribution >= 4 is 35.0 Å². The molecule has 0 aromatic heterocycles. The number of hydrogen-bond acceptors (Lipinski definition) is 7. The first-order valence-corrected chi connectivity index (χ1v) is 8.96. The number of ether oxygens (including phenoxy) is 2. The zero-order valence-corrected chi connectivity index (χ0v) is 16.8. The number of hydrogen-bond donors (Lipinski definition) is 1. The maximum atomic E-state index is 12.8. The molecule has 32 heavy (non-hydrogen) atoms. The van der Waals surface area contributed by atoms with Crippen LogP contribution in [0, 0.1) is 10.1 Å². The normalized spacial score (nSPS) is 11.0. The summed E-state index contributed by atoms with van der Waals surface area (Å²) in [6.45, 7) is 0.471. The van der Waals surface area contributed by atoms with E-state index < -0.39 is 57.3 Å². The van der Waals surface area contributed by atoms with Crippen molar-refractivity contribution in [3.8, 4) is 11.5 Å². The second-order valence-electron chi connectivity index (χ2n) is 6.23. The van der Waals surface area contributed by atoms with Crippen LogP contribution in [0.1, 0.15) is 28.4 Å². The maximum Gasteiger partial charge on any atom is 0.416 e. The molecule has 0 heterocycles. The van der Waals surface area contributed by atoms with Crippen molar-refractivity contribution in [1.82, 2.24) is 0 Å². The Morgan fingerprint density at radius 2 is 1.84 bits per heavy atom. The summed E-state index contributed by atoms with van der Waals surface area (Å²) in [6, 6.07) is 4.05. The van der Waals surface area contributed by atoms with E-state index >= 15 is 0 Å². The maximum absolute atomic E-state index is 12.8. The summed E-state index contributed by atoms with van der Waals surface area (Å²) in [7, 11) is 0. The minimum Gasteiger partial charge on any atom is -0.477 e. The van der Waals surface area contributed by atoms with Crippen LogP contribution in [0.3, 0.4) is 0 Å². The molecule has 0 saturated carbocycles.